The molecule has 0 bridgehead atoms. The van der Waals surface area contributed by atoms with Crippen LogP contribution in [0.4, 0.5) is 0 Å². The van der Waals surface area contributed by atoms with Gasteiger partial charge in [-0.15, -0.1) is 0 Å². The first-order valence-corrected chi connectivity index (χ1v) is 5.40. The highest BCUT2D eigenvalue weighted by molar-refractivity contribution is 7.49. The molecule has 0 heterocycles. The van der Waals surface area contributed by atoms with Crippen LogP contribution in [0.5, 0.6) is 0 Å². The van der Waals surface area contributed by atoms with Crippen molar-refractivity contribution in [1.29, 1.82) is 0 Å². The normalized spacial score (nSPS) is 10.2. The van der Waals surface area contributed by atoms with Crippen LogP contribution in [-0.2, 0) is 14.3 Å². The predicted octanol–water partition coefficient (Wildman–Crippen LogP) is 1.19. The summed E-state index contributed by atoms with van der Waals surface area (Å²) < 4.78 is 4.67. The van der Waals surface area contributed by atoms with Crippen molar-refractivity contribution in [2.75, 3.05) is 6.61 Å². The standard InChI is InChI=1S/C11H11O3P/c1-9(12)7-14-11(13)8-15-10-5-3-2-4-6-10/h2-6,8H,7H2,1H3. The zero-order valence-corrected chi connectivity index (χ0v) is 9.24. The smallest absolute Gasteiger partial charge is 0.335 e. The van der Waals surface area contributed by atoms with Gasteiger partial charge in [0.25, 0.3) is 0 Å². The summed E-state index contributed by atoms with van der Waals surface area (Å²) in [7, 11) is 0.773. The number of hydrogen-bond acceptors (Lipinski definition) is 3. The van der Waals surface area contributed by atoms with Crippen molar-refractivity contribution in [3.8, 4) is 0 Å². The highest BCUT2D eigenvalue weighted by Gasteiger charge is 1.99. The summed E-state index contributed by atoms with van der Waals surface area (Å²) in [4.78, 5) is 21.6. The van der Waals surface area contributed by atoms with Gasteiger partial charge in [0.05, 0.1) is 5.80 Å². The van der Waals surface area contributed by atoms with E-state index in [1.807, 2.05) is 30.3 Å². The maximum Gasteiger partial charge on any atom is 0.335 e. The molecule has 0 fully saturated rings. The summed E-state index contributed by atoms with van der Waals surface area (Å²) in [5.41, 5.74) is 0. The predicted molar refractivity (Wildman–Crippen MR) is 60.7 cm³/mol. The van der Waals surface area contributed by atoms with Gasteiger partial charge in [-0.25, -0.2) is 4.79 Å². The largest absolute Gasteiger partial charge is 0.454 e. The van der Waals surface area contributed by atoms with Gasteiger partial charge < -0.3 is 4.74 Å². The van der Waals surface area contributed by atoms with Crippen LogP contribution in [0.25, 0.3) is 0 Å². The molecular weight excluding hydrogens is 211 g/mol. The number of hydrogen-bond donors (Lipinski definition) is 0. The summed E-state index contributed by atoms with van der Waals surface area (Å²) in [6.45, 7) is 1.22. The molecule has 0 atom stereocenters. The van der Waals surface area contributed by atoms with Crippen LogP contribution in [0.1, 0.15) is 6.92 Å². The highest BCUT2D eigenvalue weighted by atomic mass is 31.1. The lowest BCUT2D eigenvalue weighted by Crippen LogP contribution is -2.11. The monoisotopic (exact) mass is 222 g/mol. The van der Waals surface area contributed by atoms with Gasteiger partial charge in [-0.3, -0.25) is 4.79 Å². The zero-order chi connectivity index (χ0) is 11.1. The first kappa shape index (κ1) is 11.6. The topological polar surface area (TPSA) is 43.4 Å². The molecule has 0 aliphatic carbocycles. The first-order valence-electron chi connectivity index (χ1n) is 4.44. The number of ketones is 1. The van der Waals surface area contributed by atoms with Crippen LogP contribution in [-0.4, -0.2) is 24.2 Å². The van der Waals surface area contributed by atoms with Crippen LogP contribution in [0.3, 0.4) is 0 Å². The van der Waals surface area contributed by atoms with Gasteiger partial charge in [0.2, 0.25) is 0 Å². The zero-order valence-electron chi connectivity index (χ0n) is 8.34. The fraction of sp³-hybridized carbons (Fsp3) is 0.182. The van der Waals surface area contributed by atoms with Crippen molar-refractivity contribution in [1.82, 2.24) is 0 Å². The maximum absolute atomic E-state index is 11.1. The Morgan fingerprint density at radius 3 is 2.60 bits per heavy atom. The number of benzene rings is 1. The minimum atomic E-state index is -0.462. The molecule has 0 saturated heterocycles. The molecule has 0 aliphatic rings. The molecule has 0 N–H and O–H groups in total. The quantitative estimate of drug-likeness (QED) is 0.567. The van der Waals surface area contributed by atoms with E-state index in [1.54, 1.807) is 0 Å². The SMILES string of the molecule is CC(=O)COC(=O)C=Pc1ccccc1. The van der Waals surface area contributed by atoms with E-state index < -0.39 is 5.97 Å². The van der Waals surface area contributed by atoms with Crippen LogP contribution in [0.2, 0.25) is 0 Å². The van der Waals surface area contributed by atoms with Gasteiger partial charge in [0.1, 0.15) is 6.61 Å². The third-order valence-corrected chi connectivity index (χ3v) is 2.43. The van der Waals surface area contributed by atoms with Gasteiger partial charge >= 0.3 is 5.97 Å². The lowest BCUT2D eigenvalue weighted by atomic mass is 10.4. The van der Waals surface area contributed by atoms with Crippen molar-refractivity contribution in [2.45, 2.75) is 6.92 Å². The molecule has 0 saturated carbocycles. The fourth-order valence-electron chi connectivity index (χ4n) is 0.851. The van der Waals surface area contributed by atoms with Crippen molar-refractivity contribution >= 4 is 31.1 Å². The number of ether oxygens (including phenoxy) is 1. The second kappa shape index (κ2) is 6.10. The molecule has 0 unspecified atom stereocenters. The number of carbonyl (C=O) groups excluding carboxylic acids is 2. The average Bonchev–Trinajstić information content (AvgIpc) is 2.25. The van der Waals surface area contributed by atoms with Gasteiger partial charge in [-0.1, -0.05) is 38.5 Å². The fourth-order valence-corrected chi connectivity index (χ4v) is 1.52. The molecule has 15 heavy (non-hydrogen) atoms. The summed E-state index contributed by atoms with van der Waals surface area (Å²) in [5.74, 6) is 0.780. The second-order valence-corrected chi connectivity index (χ2v) is 3.94. The molecular formula is C11H11O3P. The Labute approximate surface area is 89.9 Å². The van der Waals surface area contributed by atoms with Crippen LogP contribution in [0, 0.1) is 0 Å². The molecule has 3 nitrogen and oxygen atoms in total. The summed E-state index contributed by atoms with van der Waals surface area (Å²) in [5, 5.41) is 1.01. The molecule has 78 valence electrons. The Morgan fingerprint density at radius 1 is 1.33 bits per heavy atom. The molecule has 4 heteroatoms. The van der Waals surface area contributed by atoms with Crippen molar-refractivity contribution in [3.63, 3.8) is 0 Å². The van der Waals surface area contributed by atoms with E-state index in [9.17, 15) is 9.59 Å². The molecule has 0 amide bonds. The van der Waals surface area contributed by atoms with Gasteiger partial charge in [-0.05, 0) is 6.92 Å². The Bertz CT molecular complexity index is 371. The minimum Gasteiger partial charge on any atom is -0.454 e. The lowest BCUT2D eigenvalue weighted by molar-refractivity contribution is -0.140. The number of carbonyl (C=O) groups is 2. The van der Waals surface area contributed by atoms with Gasteiger partial charge in [0, 0.05) is 5.30 Å². The van der Waals surface area contributed by atoms with E-state index >= 15 is 0 Å². The van der Waals surface area contributed by atoms with E-state index in [0.29, 0.717) is 0 Å². The van der Waals surface area contributed by atoms with Gasteiger partial charge in [-0.2, -0.15) is 0 Å². The molecule has 0 spiro atoms. The van der Waals surface area contributed by atoms with E-state index in [-0.39, 0.29) is 12.4 Å². The number of esters is 1. The Balaban J connectivity index is 2.44. The third kappa shape index (κ3) is 5.08. The van der Waals surface area contributed by atoms with E-state index in [4.69, 9.17) is 0 Å². The third-order valence-electron chi connectivity index (χ3n) is 1.49. The Hall–Kier alpha value is -1.47. The number of Topliss-reactive ketones (excluding diaryl/α,β-unsaturated/α-hetero) is 1. The Kier molecular flexibility index (Phi) is 4.72. The number of rotatable bonds is 4. The molecule has 0 radical (unpaired) electrons. The van der Waals surface area contributed by atoms with E-state index in [1.165, 1.54) is 12.7 Å². The molecule has 0 aromatic heterocycles. The minimum absolute atomic E-state index is 0.153. The molecule has 1 aromatic carbocycles. The van der Waals surface area contributed by atoms with Crippen LogP contribution in [0.15, 0.2) is 30.3 Å². The van der Waals surface area contributed by atoms with Crippen LogP contribution >= 0.6 is 8.20 Å². The first-order chi connectivity index (χ1) is 7.18. The average molecular weight is 222 g/mol. The Morgan fingerprint density at radius 2 is 2.00 bits per heavy atom. The van der Waals surface area contributed by atoms with E-state index in [0.717, 1.165) is 13.5 Å². The molecule has 1 rings (SSSR count). The van der Waals surface area contributed by atoms with Crippen LogP contribution < -0.4 is 5.30 Å². The van der Waals surface area contributed by atoms with Gasteiger partial charge in [0.15, 0.2) is 5.78 Å². The second-order valence-electron chi connectivity index (χ2n) is 2.90. The lowest BCUT2D eigenvalue weighted by Gasteiger charge is -1.96. The highest BCUT2D eigenvalue weighted by Crippen LogP contribution is 1.96. The van der Waals surface area contributed by atoms with Crippen molar-refractivity contribution in [2.24, 2.45) is 0 Å². The summed E-state index contributed by atoms with van der Waals surface area (Å²) >= 11 is 0. The van der Waals surface area contributed by atoms with Crippen molar-refractivity contribution in [3.05, 3.63) is 30.3 Å². The van der Waals surface area contributed by atoms with Crippen molar-refractivity contribution < 1.29 is 14.3 Å². The molecule has 0 aliphatic heterocycles. The van der Waals surface area contributed by atoms with E-state index in [2.05, 4.69) is 4.74 Å². The maximum atomic E-state index is 11.1. The summed E-state index contributed by atoms with van der Waals surface area (Å²) in [6, 6.07) is 9.54. The summed E-state index contributed by atoms with van der Waals surface area (Å²) in [6.07, 6.45) is 0. The molecule has 1 aromatic rings.